The number of aliphatic carboxylic acids is 1. The summed E-state index contributed by atoms with van der Waals surface area (Å²) in [7, 11) is 0. The molecule has 0 aromatic heterocycles. The summed E-state index contributed by atoms with van der Waals surface area (Å²) in [5, 5.41) is 8.84. The lowest BCUT2D eigenvalue weighted by molar-refractivity contribution is -0.921. The molecule has 0 saturated carbocycles. The Hall–Kier alpha value is -0.710. The van der Waals surface area contributed by atoms with Crippen LogP contribution in [0, 0.1) is 0 Å². The van der Waals surface area contributed by atoms with E-state index in [4.69, 9.17) is 9.90 Å². The van der Waals surface area contributed by atoms with Gasteiger partial charge in [0.2, 0.25) is 0 Å². The van der Waals surface area contributed by atoms with Gasteiger partial charge in [-0.1, -0.05) is 0 Å². The van der Waals surface area contributed by atoms with Gasteiger partial charge < -0.3 is 14.4 Å². The third kappa shape index (κ3) is 7.25. The van der Waals surface area contributed by atoms with E-state index in [2.05, 4.69) is 27.7 Å². The number of hydrogen-bond acceptors (Lipinski definition) is 2. The van der Waals surface area contributed by atoms with E-state index in [1.54, 1.807) is 0 Å². The van der Waals surface area contributed by atoms with Crippen LogP contribution in [-0.4, -0.2) is 43.1 Å². The molecule has 15 heavy (non-hydrogen) atoms. The number of alkyl halides is 2. The third-order valence-electron chi connectivity index (χ3n) is 2.86. The molecule has 0 aliphatic rings. The van der Waals surface area contributed by atoms with Gasteiger partial charge in [-0.15, -0.1) is 0 Å². The van der Waals surface area contributed by atoms with Crippen molar-refractivity contribution in [2.45, 2.75) is 34.1 Å². The van der Waals surface area contributed by atoms with E-state index in [0.717, 1.165) is 0 Å². The first-order chi connectivity index (χ1) is 6.89. The van der Waals surface area contributed by atoms with E-state index in [1.807, 2.05) is 0 Å². The number of nitrogens with zero attached hydrogens (tertiary/aromatic N) is 1. The fourth-order valence-corrected chi connectivity index (χ4v) is 1.34. The van der Waals surface area contributed by atoms with E-state index < -0.39 is 12.4 Å². The molecule has 0 rings (SSSR count). The molecule has 0 saturated heterocycles. The molecule has 0 aliphatic heterocycles. The van der Waals surface area contributed by atoms with Crippen LogP contribution in [0.1, 0.15) is 27.7 Å². The minimum absolute atomic E-state index is 1.28. The number of quaternary nitrogens is 1. The third-order valence-corrected chi connectivity index (χ3v) is 2.86. The van der Waals surface area contributed by atoms with Crippen molar-refractivity contribution in [2.75, 3.05) is 26.2 Å². The van der Waals surface area contributed by atoms with Crippen LogP contribution in [0.5, 0.6) is 0 Å². The van der Waals surface area contributed by atoms with Gasteiger partial charge in [0.1, 0.15) is 5.97 Å². The Labute approximate surface area is 90.3 Å². The summed E-state index contributed by atoms with van der Waals surface area (Å²) >= 11 is 0. The second kappa shape index (κ2) is 8.59. The molecule has 0 amide bonds. The van der Waals surface area contributed by atoms with Gasteiger partial charge >= 0.3 is 0 Å². The molecule has 0 unspecified atom stereocenters. The van der Waals surface area contributed by atoms with Gasteiger partial charge in [0, 0.05) is 0 Å². The van der Waals surface area contributed by atoms with Crippen LogP contribution in [0.2, 0.25) is 0 Å². The molecule has 3 nitrogen and oxygen atoms in total. The number of halogens is 2. The molecule has 5 heteroatoms. The average molecular weight is 225 g/mol. The molecule has 0 atom stereocenters. The highest BCUT2D eigenvalue weighted by Crippen LogP contribution is 2.03. The van der Waals surface area contributed by atoms with Gasteiger partial charge in [-0.25, -0.2) is 8.78 Å². The van der Waals surface area contributed by atoms with Crippen LogP contribution in [0.25, 0.3) is 0 Å². The van der Waals surface area contributed by atoms with Gasteiger partial charge in [0.05, 0.1) is 26.2 Å². The molecule has 0 radical (unpaired) electrons. The summed E-state index contributed by atoms with van der Waals surface area (Å²) in [5.41, 5.74) is 0. The normalized spacial score (nSPS) is 10.9. The van der Waals surface area contributed by atoms with E-state index in [0.29, 0.717) is 0 Å². The van der Waals surface area contributed by atoms with Crippen molar-refractivity contribution < 1.29 is 23.2 Å². The summed E-state index contributed by atoms with van der Waals surface area (Å²) in [6.45, 7) is 14.2. The van der Waals surface area contributed by atoms with Crippen molar-refractivity contribution in [3.8, 4) is 0 Å². The lowest BCUT2D eigenvalue weighted by Gasteiger charge is -2.34. The molecule has 0 spiro atoms. The molecular formula is C10H21F2NO2. The van der Waals surface area contributed by atoms with Crippen LogP contribution >= 0.6 is 0 Å². The van der Waals surface area contributed by atoms with Crippen molar-refractivity contribution >= 4 is 5.97 Å². The zero-order valence-electron chi connectivity index (χ0n) is 9.93. The van der Waals surface area contributed by atoms with Crippen LogP contribution < -0.4 is 5.11 Å². The van der Waals surface area contributed by atoms with Crippen LogP contribution in [0.4, 0.5) is 8.78 Å². The number of rotatable bonds is 5. The van der Waals surface area contributed by atoms with Gasteiger partial charge in [0.25, 0.3) is 6.43 Å². The highest BCUT2D eigenvalue weighted by atomic mass is 19.3. The Morgan fingerprint density at radius 1 is 1.07 bits per heavy atom. The molecule has 0 aliphatic carbocycles. The fourth-order valence-electron chi connectivity index (χ4n) is 1.34. The molecule has 92 valence electrons. The SMILES string of the molecule is CC[N+](CC)(CC)CC.O=C([O-])C(F)F. The van der Waals surface area contributed by atoms with Crippen LogP contribution in [0.3, 0.4) is 0 Å². The Kier molecular flexibility index (Phi) is 9.57. The van der Waals surface area contributed by atoms with Crippen LogP contribution in [0.15, 0.2) is 0 Å². The largest absolute Gasteiger partial charge is 0.544 e. The number of hydrogen-bond donors (Lipinski definition) is 0. The maximum absolute atomic E-state index is 10.5. The molecule has 0 fully saturated rings. The second-order valence-corrected chi connectivity index (χ2v) is 3.23. The molecule has 0 heterocycles. The minimum Gasteiger partial charge on any atom is -0.544 e. The van der Waals surface area contributed by atoms with Crippen molar-refractivity contribution in [3.63, 3.8) is 0 Å². The lowest BCUT2D eigenvalue weighted by Crippen LogP contribution is -2.47. The topological polar surface area (TPSA) is 40.1 Å². The first-order valence-electron chi connectivity index (χ1n) is 5.23. The Bertz CT molecular complexity index is 153. The lowest BCUT2D eigenvalue weighted by atomic mass is 10.3. The second-order valence-electron chi connectivity index (χ2n) is 3.23. The fraction of sp³-hybridized carbons (Fsp3) is 0.900. The molecule has 0 N–H and O–H groups in total. The number of carbonyl (C=O) groups is 1. The van der Waals surface area contributed by atoms with E-state index in [-0.39, 0.29) is 0 Å². The highest BCUT2D eigenvalue weighted by molar-refractivity contribution is 5.67. The number of carbonyl (C=O) groups excluding carboxylic acids is 1. The van der Waals surface area contributed by atoms with Crippen molar-refractivity contribution in [1.82, 2.24) is 0 Å². The first kappa shape index (κ1) is 16.7. The monoisotopic (exact) mass is 225 g/mol. The quantitative estimate of drug-likeness (QED) is 0.652. The molecule has 0 bridgehead atoms. The van der Waals surface area contributed by atoms with Crippen molar-refractivity contribution in [1.29, 1.82) is 0 Å². The number of carboxylic acids is 1. The van der Waals surface area contributed by atoms with Gasteiger partial charge in [-0.2, -0.15) is 0 Å². The van der Waals surface area contributed by atoms with Gasteiger partial charge in [0.15, 0.2) is 0 Å². The molecule has 0 aromatic carbocycles. The van der Waals surface area contributed by atoms with Gasteiger partial charge in [-0.3, -0.25) is 0 Å². The molecular weight excluding hydrogens is 204 g/mol. The smallest absolute Gasteiger partial charge is 0.277 e. The summed E-state index contributed by atoms with van der Waals surface area (Å²) in [6.07, 6.45) is -3.34. The van der Waals surface area contributed by atoms with E-state index in [9.17, 15) is 8.78 Å². The molecule has 0 aromatic rings. The maximum atomic E-state index is 10.5. The number of carboxylic acid groups (broad SMARTS) is 1. The Balaban J connectivity index is 0. The summed E-state index contributed by atoms with van der Waals surface area (Å²) in [4.78, 5) is 8.84. The van der Waals surface area contributed by atoms with Crippen molar-refractivity contribution in [2.24, 2.45) is 0 Å². The van der Waals surface area contributed by atoms with E-state index >= 15 is 0 Å². The highest BCUT2D eigenvalue weighted by Gasteiger charge is 2.16. The Morgan fingerprint density at radius 3 is 1.27 bits per heavy atom. The predicted molar refractivity (Wildman–Crippen MR) is 53.4 cm³/mol. The summed E-state index contributed by atoms with van der Waals surface area (Å²) in [6, 6.07) is 0. The summed E-state index contributed by atoms with van der Waals surface area (Å²) in [5.74, 6) is -2.32. The Morgan fingerprint density at radius 2 is 1.27 bits per heavy atom. The maximum Gasteiger partial charge on any atom is 0.277 e. The average Bonchev–Trinajstić information content (AvgIpc) is 2.23. The van der Waals surface area contributed by atoms with Crippen LogP contribution in [-0.2, 0) is 4.79 Å². The first-order valence-corrected chi connectivity index (χ1v) is 5.23. The summed E-state index contributed by atoms with van der Waals surface area (Å²) < 4.78 is 22.3. The standard InChI is InChI=1S/C8H20N.C2H2F2O2/c1-5-9(6-2,7-3)8-4;3-1(4)2(5)6/h5-8H2,1-4H3;1H,(H,5,6)/q+1;/p-1. The van der Waals surface area contributed by atoms with E-state index in [1.165, 1.54) is 30.7 Å². The predicted octanol–water partition coefficient (Wildman–Crippen LogP) is 0.884. The van der Waals surface area contributed by atoms with Gasteiger partial charge in [-0.05, 0) is 27.7 Å². The zero-order chi connectivity index (χ0) is 12.5. The minimum atomic E-state index is -3.34. The zero-order valence-corrected chi connectivity index (χ0v) is 9.93. The van der Waals surface area contributed by atoms with Crippen molar-refractivity contribution in [3.05, 3.63) is 0 Å².